The molecule has 0 spiro atoms. The summed E-state index contributed by atoms with van der Waals surface area (Å²) < 4.78 is 0. The molecule has 4 nitrogen and oxygen atoms in total. The van der Waals surface area contributed by atoms with Crippen LogP contribution in [0, 0.1) is 11.3 Å². The van der Waals surface area contributed by atoms with Gasteiger partial charge in [-0.3, -0.25) is 9.69 Å². The van der Waals surface area contributed by atoms with E-state index in [-0.39, 0.29) is 5.41 Å². The van der Waals surface area contributed by atoms with Gasteiger partial charge in [0, 0.05) is 30.6 Å². The topological polar surface area (TPSA) is 35.6 Å². The molecule has 3 heterocycles. The standard InChI is InChI=1S/C17H31N3O/c1-13-11-19-9-5-7-15(19)12-20(13)16(21)17(2,3)14-6-4-8-18-10-14/h13-15,18H,4-12H2,1-3H3. The molecule has 0 aromatic rings. The molecule has 1 amide bonds. The van der Waals surface area contributed by atoms with Gasteiger partial charge in [-0.2, -0.15) is 0 Å². The van der Waals surface area contributed by atoms with Gasteiger partial charge in [0.25, 0.3) is 0 Å². The SMILES string of the molecule is CC1CN2CCCC2CN1C(=O)C(C)(C)C1CCCNC1. The van der Waals surface area contributed by atoms with Gasteiger partial charge in [-0.05, 0) is 58.2 Å². The van der Waals surface area contributed by atoms with E-state index in [1.54, 1.807) is 0 Å². The maximum absolute atomic E-state index is 13.2. The lowest BCUT2D eigenvalue weighted by Crippen LogP contribution is -2.60. The maximum atomic E-state index is 13.2. The molecule has 21 heavy (non-hydrogen) atoms. The van der Waals surface area contributed by atoms with E-state index in [0.717, 1.165) is 26.2 Å². The van der Waals surface area contributed by atoms with Crippen LogP contribution in [-0.4, -0.2) is 60.5 Å². The summed E-state index contributed by atoms with van der Waals surface area (Å²) >= 11 is 0. The number of fused-ring (bicyclic) bond motifs is 1. The fourth-order valence-electron chi connectivity index (χ4n) is 4.48. The Morgan fingerprint density at radius 3 is 2.71 bits per heavy atom. The third kappa shape index (κ3) is 2.85. The van der Waals surface area contributed by atoms with E-state index in [1.165, 1.54) is 32.2 Å². The zero-order valence-corrected chi connectivity index (χ0v) is 13.9. The lowest BCUT2D eigenvalue weighted by molar-refractivity contribution is -0.149. The summed E-state index contributed by atoms with van der Waals surface area (Å²) in [7, 11) is 0. The van der Waals surface area contributed by atoms with Crippen molar-refractivity contribution in [2.45, 2.75) is 58.5 Å². The molecule has 4 heteroatoms. The van der Waals surface area contributed by atoms with Crippen molar-refractivity contribution in [3.8, 4) is 0 Å². The number of nitrogens with zero attached hydrogens (tertiary/aromatic N) is 2. The Labute approximate surface area is 129 Å². The van der Waals surface area contributed by atoms with Gasteiger partial charge in [0.05, 0.1) is 0 Å². The molecule has 3 aliphatic heterocycles. The lowest BCUT2D eigenvalue weighted by atomic mass is 9.73. The minimum absolute atomic E-state index is 0.234. The molecular weight excluding hydrogens is 262 g/mol. The predicted molar refractivity (Wildman–Crippen MR) is 85.1 cm³/mol. The van der Waals surface area contributed by atoms with Crippen LogP contribution in [0.15, 0.2) is 0 Å². The second-order valence-electron chi connectivity index (χ2n) is 7.86. The maximum Gasteiger partial charge on any atom is 0.228 e. The molecule has 0 aromatic carbocycles. The van der Waals surface area contributed by atoms with Crippen LogP contribution in [0.3, 0.4) is 0 Å². The number of carbonyl (C=O) groups is 1. The van der Waals surface area contributed by atoms with E-state index in [1.807, 2.05) is 0 Å². The largest absolute Gasteiger partial charge is 0.337 e. The van der Waals surface area contributed by atoms with Gasteiger partial charge in [0.1, 0.15) is 0 Å². The van der Waals surface area contributed by atoms with E-state index < -0.39 is 0 Å². The summed E-state index contributed by atoms with van der Waals surface area (Å²) in [6, 6.07) is 0.980. The highest BCUT2D eigenvalue weighted by atomic mass is 16.2. The molecule has 0 aromatic heterocycles. The fourth-order valence-corrected chi connectivity index (χ4v) is 4.48. The zero-order chi connectivity index (χ0) is 15.0. The normalized spacial score (nSPS) is 34.8. The third-order valence-electron chi connectivity index (χ3n) is 6.07. The second-order valence-corrected chi connectivity index (χ2v) is 7.86. The Balaban J connectivity index is 1.70. The van der Waals surface area contributed by atoms with Crippen molar-refractivity contribution < 1.29 is 4.79 Å². The van der Waals surface area contributed by atoms with Crippen LogP contribution in [-0.2, 0) is 4.79 Å². The zero-order valence-electron chi connectivity index (χ0n) is 13.9. The van der Waals surface area contributed by atoms with Crippen molar-refractivity contribution >= 4 is 5.91 Å². The molecule has 120 valence electrons. The van der Waals surface area contributed by atoms with Crippen LogP contribution < -0.4 is 5.32 Å². The van der Waals surface area contributed by atoms with Crippen molar-refractivity contribution in [3.63, 3.8) is 0 Å². The monoisotopic (exact) mass is 293 g/mol. The van der Waals surface area contributed by atoms with E-state index >= 15 is 0 Å². The van der Waals surface area contributed by atoms with Gasteiger partial charge in [0.2, 0.25) is 5.91 Å². The molecule has 3 aliphatic rings. The Morgan fingerprint density at radius 1 is 1.19 bits per heavy atom. The highest BCUT2D eigenvalue weighted by Gasteiger charge is 2.44. The first-order chi connectivity index (χ1) is 10.00. The highest BCUT2D eigenvalue weighted by molar-refractivity contribution is 5.83. The van der Waals surface area contributed by atoms with Crippen molar-refractivity contribution in [1.29, 1.82) is 0 Å². The summed E-state index contributed by atoms with van der Waals surface area (Å²) in [5.41, 5.74) is -0.234. The van der Waals surface area contributed by atoms with Crippen LogP contribution in [0.1, 0.15) is 46.5 Å². The smallest absolute Gasteiger partial charge is 0.228 e. The Bertz CT molecular complexity index is 389. The molecule has 3 atom stereocenters. The number of hydrogen-bond acceptors (Lipinski definition) is 3. The lowest BCUT2D eigenvalue weighted by Gasteiger charge is -2.47. The summed E-state index contributed by atoms with van der Waals surface area (Å²) in [5.74, 6) is 0.864. The van der Waals surface area contributed by atoms with Gasteiger partial charge >= 0.3 is 0 Å². The fraction of sp³-hybridized carbons (Fsp3) is 0.941. The van der Waals surface area contributed by atoms with Crippen molar-refractivity contribution in [3.05, 3.63) is 0 Å². The van der Waals surface area contributed by atoms with Gasteiger partial charge in [-0.25, -0.2) is 0 Å². The number of hydrogen-bond donors (Lipinski definition) is 1. The molecule has 3 rings (SSSR count). The highest BCUT2D eigenvalue weighted by Crippen LogP contribution is 2.36. The van der Waals surface area contributed by atoms with Gasteiger partial charge in [0.15, 0.2) is 0 Å². The molecule has 1 N–H and O–H groups in total. The number of rotatable bonds is 2. The number of amides is 1. The van der Waals surface area contributed by atoms with Crippen molar-refractivity contribution in [2.24, 2.45) is 11.3 Å². The van der Waals surface area contributed by atoms with E-state index in [2.05, 4.69) is 35.9 Å². The van der Waals surface area contributed by atoms with E-state index in [9.17, 15) is 4.79 Å². The van der Waals surface area contributed by atoms with Gasteiger partial charge in [-0.15, -0.1) is 0 Å². The van der Waals surface area contributed by atoms with Crippen molar-refractivity contribution in [2.75, 3.05) is 32.7 Å². The first-order valence-corrected chi connectivity index (χ1v) is 8.76. The molecule has 0 radical (unpaired) electrons. The Kier molecular flexibility index (Phi) is 4.28. The summed E-state index contributed by atoms with van der Waals surface area (Å²) in [4.78, 5) is 18.0. The molecule has 3 fully saturated rings. The first-order valence-electron chi connectivity index (χ1n) is 8.76. The molecule has 0 aliphatic carbocycles. The summed E-state index contributed by atoms with van der Waals surface area (Å²) in [6.07, 6.45) is 4.95. The second kappa shape index (κ2) is 5.88. The van der Waals surface area contributed by atoms with E-state index in [4.69, 9.17) is 0 Å². The number of nitrogens with one attached hydrogen (secondary N) is 1. The van der Waals surface area contributed by atoms with Crippen LogP contribution in [0.2, 0.25) is 0 Å². The third-order valence-corrected chi connectivity index (χ3v) is 6.07. The summed E-state index contributed by atoms with van der Waals surface area (Å²) in [5, 5.41) is 3.47. The minimum atomic E-state index is -0.234. The predicted octanol–water partition coefficient (Wildman–Crippen LogP) is 1.71. The van der Waals surface area contributed by atoms with Gasteiger partial charge < -0.3 is 10.2 Å². The quantitative estimate of drug-likeness (QED) is 0.842. The van der Waals surface area contributed by atoms with Crippen LogP contribution in [0.25, 0.3) is 0 Å². The summed E-state index contributed by atoms with van der Waals surface area (Å²) in [6.45, 7) is 11.9. The van der Waals surface area contributed by atoms with Crippen LogP contribution >= 0.6 is 0 Å². The number of piperazine rings is 1. The average molecular weight is 293 g/mol. The molecule has 0 saturated carbocycles. The average Bonchev–Trinajstić information content (AvgIpc) is 2.93. The minimum Gasteiger partial charge on any atom is -0.337 e. The molecule has 0 bridgehead atoms. The van der Waals surface area contributed by atoms with Crippen LogP contribution in [0.5, 0.6) is 0 Å². The van der Waals surface area contributed by atoms with E-state index in [0.29, 0.717) is 23.9 Å². The van der Waals surface area contributed by atoms with Crippen LogP contribution in [0.4, 0.5) is 0 Å². The molecular formula is C17H31N3O. The Hall–Kier alpha value is -0.610. The van der Waals surface area contributed by atoms with Crippen molar-refractivity contribution in [1.82, 2.24) is 15.1 Å². The first kappa shape index (κ1) is 15.3. The number of piperidine rings is 1. The number of carbonyl (C=O) groups excluding carboxylic acids is 1. The Morgan fingerprint density at radius 2 is 2.00 bits per heavy atom. The molecule has 3 saturated heterocycles. The molecule has 3 unspecified atom stereocenters. The van der Waals surface area contributed by atoms with Gasteiger partial charge in [-0.1, -0.05) is 13.8 Å².